The van der Waals surface area contributed by atoms with E-state index < -0.39 is 17.6 Å². The Morgan fingerprint density at radius 2 is 1.73 bits per heavy atom. The average Bonchev–Trinajstić information content (AvgIpc) is 3.12. The number of carbonyl (C=O) groups excluding carboxylic acids is 3. The van der Waals surface area contributed by atoms with Crippen molar-refractivity contribution in [2.24, 2.45) is 0 Å². The Labute approximate surface area is 151 Å². The number of imide groups is 1. The summed E-state index contributed by atoms with van der Waals surface area (Å²) in [5, 5.41) is 1.84. The van der Waals surface area contributed by atoms with Gasteiger partial charge in [0.1, 0.15) is 4.70 Å². The average molecular weight is 367 g/mol. The summed E-state index contributed by atoms with van der Waals surface area (Å²) in [4.78, 5) is 54.6. The molecule has 3 aromatic rings. The van der Waals surface area contributed by atoms with Crippen molar-refractivity contribution in [3.8, 4) is 0 Å². The second-order valence-electron chi connectivity index (χ2n) is 6.05. The normalized spacial score (nSPS) is 13.5. The molecule has 0 spiro atoms. The van der Waals surface area contributed by atoms with Crippen molar-refractivity contribution in [2.45, 2.75) is 13.5 Å². The first-order valence-corrected chi connectivity index (χ1v) is 8.75. The van der Waals surface area contributed by atoms with Crippen molar-refractivity contribution < 1.29 is 14.4 Å². The number of amides is 2. The van der Waals surface area contributed by atoms with E-state index in [0.29, 0.717) is 21.3 Å². The molecule has 0 N–H and O–H groups in total. The molecule has 4 rings (SSSR count). The van der Waals surface area contributed by atoms with Gasteiger partial charge in [0.2, 0.25) is 0 Å². The number of Topliss-reactive ketones (excluding diaryl/α,β-unsaturated/α-hetero) is 1. The summed E-state index contributed by atoms with van der Waals surface area (Å²) < 4.78 is 1.69. The number of ketones is 1. The second kappa shape index (κ2) is 5.99. The number of thiophene rings is 1. The van der Waals surface area contributed by atoms with E-state index in [1.54, 1.807) is 24.3 Å². The van der Waals surface area contributed by atoms with Crippen molar-refractivity contribution in [1.29, 1.82) is 0 Å². The largest absolute Gasteiger partial charge is 0.296 e. The monoisotopic (exact) mass is 367 g/mol. The van der Waals surface area contributed by atoms with Gasteiger partial charge in [-0.25, -0.2) is 4.98 Å². The van der Waals surface area contributed by atoms with Crippen molar-refractivity contribution in [2.75, 3.05) is 6.54 Å². The Bertz CT molecular complexity index is 1110. The summed E-state index contributed by atoms with van der Waals surface area (Å²) >= 11 is 1.28. The van der Waals surface area contributed by atoms with Crippen LogP contribution in [-0.4, -0.2) is 38.6 Å². The van der Waals surface area contributed by atoms with Crippen molar-refractivity contribution in [3.05, 3.63) is 63.0 Å². The molecule has 0 saturated carbocycles. The Balaban J connectivity index is 1.55. The molecular formula is C18H13N3O4S. The van der Waals surface area contributed by atoms with E-state index in [1.165, 1.54) is 22.2 Å². The van der Waals surface area contributed by atoms with Gasteiger partial charge in [-0.3, -0.25) is 28.6 Å². The lowest BCUT2D eigenvalue weighted by atomic mass is 10.1. The lowest BCUT2D eigenvalue weighted by Crippen LogP contribution is -2.37. The Hall–Kier alpha value is -3.13. The predicted molar refractivity (Wildman–Crippen MR) is 95.4 cm³/mol. The van der Waals surface area contributed by atoms with Gasteiger partial charge in [-0.15, -0.1) is 11.3 Å². The molecular weight excluding hydrogens is 354 g/mol. The molecule has 0 unspecified atom stereocenters. The molecule has 2 amide bonds. The van der Waals surface area contributed by atoms with Crippen molar-refractivity contribution >= 4 is 39.2 Å². The van der Waals surface area contributed by atoms with Crippen LogP contribution in [0.25, 0.3) is 10.2 Å². The van der Waals surface area contributed by atoms with E-state index in [2.05, 4.69) is 4.98 Å². The van der Waals surface area contributed by atoms with E-state index in [9.17, 15) is 19.2 Å². The first-order valence-electron chi connectivity index (χ1n) is 7.87. The minimum absolute atomic E-state index is 0.244. The third-order valence-electron chi connectivity index (χ3n) is 4.28. The highest BCUT2D eigenvalue weighted by Gasteiger charge is 2.36. The molecule has 26 heavy (non-hydrogen) atoms. The quantitative estimate of drug-likeness (QED) is 0.654. The molecule has 0 atom stereocenters. The number of carbonyl (C=O) groups is 3. The van der Waals surface area contributed by atoms with Gasteiger partial charge >= 0.3 is 0 Å². The van der Waals surface area contributed by atoms with Crippen LogP contribution in [0.15, 0.2) is 40.8 Å². The van der Waals surface area contributed by atoms with E-state index >= 15 is 0 Å². The fraction of sp³-hybridized carbons (Fsp3) is 0.167. The summed E-state index contributed by atoms with van der Waals surface area (Å²) in [7, 11) is 0. The molecule has 130 valence electrons. The van der Waals surface area contributed by atoms with Gasteiger partial charge in [0.15, 0.2) is 5.78 Å². The predicted octanol–water partition coefficient (Wildman–Crippen LogP) is 1.63. The maximum Gasteiger partial charge on any atom is 0.271 e. The van der Waals surface area contributed by atoms with Crippen molar-refractivity contribution in [1.82, 2.24) is 14.5 Å². The first kappa shape index (κ1) is 16.3. The summed E-state index contributed by atoms with van der Waals surface area (Å²) in [6.07, 6.45) is 1.32. The maximum atomic E-state index is 12.5. The Morgan fingerprint density at radius 3 is 2.38 bits per heavy atom. The molecule has 1 aliphatic heterocycles. The van der Waals surface area contributed by atoms with E-state index in [0.717, 1.165) is 10.5 Å². The highest BCUT2D eigenvalue weighted by Crippen LogP contribution is 2.22. The van der Waals surface area contributed by atoms with Gasteiger partial charge in [0, 0.05) is 0 Å². The summed E-state index contributed by atoms with van der Waals surface area (Å²) in [5.41, 5.74) is 1.82. The van der Waals surface area contributed by atoms with Gasteiger partial charge in [-0.2, -0.15) is 0 Å². The lowest BCUT2D eigenvalue weighted by Gasteiger charge is -2.13. The lowest BCUT2D eigenvalue weighted by molar-refractivity contribution is -0.120. The zero-order valence-corrected chi connectivity index (χ0v) is 14.6. The van der Waals surface area contributed by atoms with Gasteiger partial charge in [-0.1, -0.05) is 12.1 Å². The molecule has 0 fully saturated rings. The van der Waals surface area contributed by atoms with Gasteiger partial charge < -0.3 is 0 Å². The third-order valence-corrected chi connectivity index (χ3v) is 5.36. The molecule has 2 aromatic heterocycles. The van der Waals surface area contributed by atoms with E-state index in [4.69, 9.17) is 0 Å². The number of hydrogen-bond acceptors (Lipinski definition) is 6. The topological polar surface area (TPSA) is 89.3 Å². The number of rotatable bonds is 4. The van der Waals surface area contributed by atoms with E-state index in [-0.39, 0.29) is 18.6 Å². The minimum Gasteiger partial charge on any atom is -0.296 e. The zero-order valence-electron chi connectivity index (χ0n) is 13.8. The van der Waals surface area contributed by atoms with Crippen LogP contribution in [0.1, 0.15) is 26.3 Å². The van der Waals surface area contributed by atoms with Crippen LogP contribution < -0.4 is 5.56 Å². The summed E-state index contributed by atoms with van der Waals surface area (Å²) in [6.45, 7) is 1.25. The molecule has 8 heteroatoms. The standard InChI is InChI=1S/C18H13N3O4S/c1-10-8-26-15-14(10)19-9-20(18(15)25)6-11(22)7-21-16(23)12-4-2-3-5-13(12)17(21)24/h2-5,8-9H,6-7H2,1H3. The molecule has 1 aliphatic rings. The number of fused-ring (bicyclic) bond motifs is 2. The highest BCUT2D eigenvalue weighted by molar-refractivity contribution is 7.17. The van der Waals surface area contributed by atoms with Crippen LogP contribution in [0.5, 0.6) is 0 Å². The molecule has 3 heterocycles. The third kappa shape index (κ3) is 2.46. The SMILES string of the molecule is Cc1csc2c(=O)n(CC(=O)CN3C(=O)c4ccccc4C3=O)cnc12. The molecule has 0 bridgehead atoms. The van der Waals surface area contributed by atoms with Crippen LogP contribution in [0.3, 0.4) is 0 Å². The van der Waals surface area contributed by atoms with Crippen LogP contribution in [0.2, 0.25) is 0 Å². The minimum atomic E-state index is -0.492. The van der Waals surface area contributed by atoms with Crippen LogP contribution in [-0.2, 0) is 11.3 Å². The molecule has 0 radical (unpaired) electrons. The highest BCUT2D eigenvalue weighted by atomic mass is 32.1. The Morgan fingerprint density at radius 1 is 1.08 bits per heavy atom. The van der Waals surface area contributed by atoms with Crippen LogP contribution >= 0.6 is 11.3 Å². The summed E-state index contributed by atoms with van der Waals surface area (Å²) in [5.74, 6) is -1.40. The molecule has 0 saturated heterocycles. The smallest absolute Gasteiger partial charge is 0.271 e. The molecule has 0 aliphatic carbocycles. The number of benzene rings is 1. The summed E-state index contributed by atoms with van der Waals surface area (Å²) in [6, 6.07) is 6.45. The van der Waals surface area contributed by atoms with Gasteiger partial charge in [0.05, 0.1) is 36.1 Å². The number of aromatic nitrogens is 2. The van der Waals surface area contributed by atoms with Gasteiger partial charge in [-0.05, 0) is 30.0 Å². The fourth-order valence-electron chi connectivity index (χ4n) is 2.97. The zero-order chi connectivity index (χ0) is 18.4. The van der Waals surface area contributed by atoms with Gasteiger partial charge in [0.25, 0.3) is 17.4 Å². The second-order valence-corrected chi connectivity index (χ2v) is 6.93. The fourth-order valence-corrected chi connectivity index (χ4v) is 3.92. The Kier molecular flexibility index (Phi) is 3.77. The number of hydrogen-bond donors (Lipinski definition) is 0. The molecule has 1 aromatic carbocycles. The number of aryl methyl sites for hydroxylation is 1. The molecule has 7 nitrogen and oxygen atoms in total. The van der Waals surface area contributed by atoms with E-state index in [1.807, 2.05) is 12.3 Å². The van der Waals surface area contributed by atoms with Crippen molar-refractivity contribution in [3.63, 3.8) is 0 Å². The van der Waals surface area contributed by atoms with Crippen LogP contribution in [0, 0.1) is 6.92 Å². The maximum absolute atomic E-state index is 12.5. The number of nitrogens with zero attached hydrogens (tertiary/aromatic N) is 3. The first-order chi connectivity index (χ1) is 12.5. The van der Waals surface area contributed by atoms with Crippen LogP contribution in [0.4, 0.5) is 0 Å².